The second kappa shape index (κ2) is 86.2. The van der Waals surface area contributed by atoms with Gasteiger partial charge in [0.15, 0.2) is 29.6 Å². The first-order chi connectivity index (χ1) is 49.6. The minimum absolute atomic E-state index is 0.00287. The van der Waals surface area contributed by atoms with Gasteiger partial charge >= 0.3 is 0 Å². The summed E-state index contributed by atoms with van der Waals surface area (Å²) in [4.78, 5) is 124. The highest BCUT2D eigenvalue weighted by molar-refractivity contribution is 5.86. The van der Waals surface area contributed by atoms with Crippen molar-refractivity contribution in [1.29, 1.82) is 0 Å². The Hall–Kier alpha value is -7.08. The van der Waals surface area contributed by atoms with Crippen LogP contribution in [0.3, 0.4) is 0 Å². The van der Waals surface area contributed by atoms with E-state index >= 15 is 0 Å². The van der Waals surface area contributed by atoms with Gasteiger partial charge in [0.1, 0.15) is 58.6 Å². The third-order valence-corrected chi connectivity index (χ3v) is 14.7. The van der Waals surface area contributed by atoms with E-state index < -0.39 is 0 Å². The van der Waals surface area contributed by atoms with Crippen LogP contribution in [0.5, 0.6) is 0 Å². The van der Waals surface area contributed by atoms with Crippen LogP contribution in [0.2, 0.25) is 0 Å². The van der Waals surface area contributed by atoms with Crippen LogP contribution in [0, 0.1) is 59.2 Å². The number of nitrogens with one attached hydrogen (secondary N) is 1. The van der Waals surface area contributed by atoms with Crippen molar-refractivity contribution in [3.05, 3.63) is 12.4 Å². The number of ketones is 10. The van der Waals surface area contributed by atoms with Gasteiger partial charge < -0.3 is 85.6 Å². The summed E-state index contributed by atoms with van der Waals surface area (Å²) in [5.41, 5.74) is 72.1. The Morgan fingerprint density at radius 1 is 0.252 bits per heavy atom. The second-order valence-electron chi connectivity index (χ2n) is 28.6. The van der Waals surface area contributed by atoms with Crippen LogP contribution < -0.4 is 85.6 Å². The van der Waals surface area contributed by atoms with Gasteiger partial charge in [-0.3, -0.25) is 62.9 Å². The SMILES string of the molecule is C=C(N)NCCCCCCCC(=O)C(C)C.CC(C)C(=O)CCCCCN.CC(C)C(=O)CCCCN.CC(C)C(=O)CCCCN=C(N)N.CC(C)C(=O)CCCN.CC(C)C(=O)CCCN=C(N)N.CC(C)C(=O)CCN.CC(C)C(=O)CCN=C(N)N.CC(C)C(=O)CN.CC(C)C(=O)CN=C(N)N. The molecule has 0 bridgehead atoms. The molecule has 632 valence electrons. The summed E-state index contributed by atoms with van der Waals surface area (Å²) in [5, 5.41) is 3.00. The molecule has 0 aliphatic carbocycles. The molecule has 29 nitrogen and oxygen atoms in total. The molecule has 0 atom stereocenters. The molecule has 0 rings (SSSR count). The van der Waals surface area contributed by atoms with Crippen LogP contribution in [-0.4, -0.2) is 147 Å². The van der Waals surface area contributed by atoms with Crippen molar-refractivity contribution in [1.82, 2.24) is 5.32 Å². The quantitative estimate of drug-likeness (QED) is 0.0158. The van der Waals surface area contributed by atoms with Crippen molar-refractivity contribution in [2.24, 2.45) is 159 Å². The third-order valence-electron chi connectivity index (χ3n) is 14.7. The molecular weight excluding hydrogens is 1360 g/mol. The number of carbonyl (C=O) groups is 10. The Kier molecular flexibility index (Phi) is 97.4. The number of rotatable bonds is 48. The average Bonchev–Trinajstić information content (AvgIpc) is 1.30. The summed E-state index contributed by atoms with van der Waals surface area (Å²) in [6.45, 7) is 46.8. The van der Waals surface area contributed by atoms with Gasteiger partial charge in [-0.2, -0.15) is 0 Å². The Morgan fingerprint density at radius 3 is 0.776 bits per heavy atom. The van der Waals surface area contributed by atoms with Gasteiger partial charge in [-0.15, -0.1) is 0 Å². The fourth-order valence-electron chi connectivity index (χ4n) is 6.96. The minimum Gasteiger partial charge on any atom is -0.386 e. The number of Topliss-reactive ketones (excluding diaryl/α,β-unsaturated/α-hetero) is 10. The maximum absolute atomic E-state index is 11.3. The number of unbranched alkanes of at least 4 members (excludes halogenated alkanes) is 8. The summed E-state index contributed by atoms with van der Waals surface area (Å²) in [6.07, 6.45) is 19.1. The molecule has 0 aromatic carbocycles. The lowest BCUT2D eigenvalue weighted by molar-refractivity contribution is -0.122. The average molecular weight is 1530 g/mol. The van der Waals surface area contributed by atoms with Crippen LogP contribution in [0.15, 0.2) is 32.4 Å². The molecule has 0 saturated heterocycles. The molecule has 0 aromatic rings. The molecule has 0 saturated carbocycles. The lowest BCUT2D eigenvalue weighted by Gasteiger charge is -2.05. The topological polar surface area (TPSA) is 596 Å². The molecule has 0 radical (unpaired) electrons. The van der Waals surface area contributed by atoms with Crippen LogP contribution >= 0.6 is 0 Å². The van der Waals surface area contributed by atoms with E-state index in [-0.39, 0.29) is 125 Å². The number of nitrogens with zero attached hydrogens (tertiary/aromatic N) is 4. The molecule has 0 spiro atoms. The van der Waals surface area contributed by atoms with Gasteiger partial charge in [0, 0.05) is 137 Å². The molecule has 0 aliphatic rings. The Labute approximate surface area is 649 Å². The van der Waals surface area contributed by atoms with E-state index in [1.54, 1.807) is 0 Å². The van der Waals surface area contributed by atoms with Gasteiger partial charge in [-0.1, -0.05) is 171 Å². The molecule has 0 aliphatic heterocycles. The van der Waals surface area contributed by atoms with Crippen molar-refractivity contribution >= 4 is 81.7 Å². The number of nitrogens with two attached hydrogens (primary N) is 14. The van der Waals surface area contributed by atoms with E-state index in [0.29, 0.717) is 113 Å². The second-order valence-corrected chi connectivity index (χ2v) is 28.6. The van der Waals surface area contributed by atoms with Crippen LogP contribution in [0.4, 0.5) is 0 Å². The predicted molar refractivity (Wildman–Crippen MR) is 449 cm³/mol. The van der Waals surface area contributed by atoms with Gasteiger partial charge in [0.05, 0.1) is 12.4 Å². The Balaban J connectivity index is -0.000000123. The predicted octanol–water partition coefficient (Wildman–Crippen LogP) is 7.60. The van der Waals surface area contributed by atoms with Crippen molar-refractivity contribution in [2.75, 3.05) is 65.4 Å². The first-order valence-corrected chi connectivity index (χ1v) is 38.8. The number of hydrogen-bond acceptors (Lipinski definition) is 21. The number of guanidine groups is 4. The molecule has 0 unspecified atom stereocenters. The highest BCUT2D eigenvalue weighted by atomic mass is 16.2. The first-order valence-electron chi connectivity index (χ1n) is 38.8. The normalized spacial score (nSPS) is 10.1. The van der Waals surface area contributed by atoms with Crippen LogP contribution in [0.1, 0.15) is 280 Å². The van der Waals surface area contributed by atoms with Crippen LogP contribution in [0.25, 0.3) is 0 Å². The molecule has 29 N–H and O–H groups in total. The zero-order chi connectivity index (χ0) is 85.6. The Morgan fingerprint density at radius 2 is 0.495 bits per heavy atom. The van der Waals surface area contributed by atoms with Gasteiger partial charge in [-0.05, 0) is 90.4 Å². The van der Waals surface area contributed by atoms with Crippen molar-refractivity contribution in [2.45, 2.75) is 280 Å². The van der Waals surface area contributed by atoms with Crippen molar-refractivity contribution < 1.29 is 47.9 Å². The summed E-state index contributed by atoms with van der Waals surface area (Å²) in [6, 6.07) is 0. The van der Waals surface area contributed by atoms with E-state index in [1.807, 2.05) is 138 Å². The maximum atomic E-state index is 11.3. The molecule has 29 heteroatoms. The van der Waals surface area contributed by atoms with Crippen molar-refractivity contribution in [3.63, 3.8) is 0 Å². The fourth-order valence-corrected chi connectivity index (χ4v) is 6.96. The minimum atomic E-state index is -0.0333. The van der Waals surface area contributed by atoms with E-state index in [4.69, 9.17) is 80.3 Å². The van der Waals surface area contributed by atoms with E-state index in [9.17, 15) is 47.9 Å². The van der Waals surface area contributed by atoms with E-state index in [2.05, 4.69) is 31.9 Å². The van der Waals surface area contributed by atoms with E-state index in [0.717, 1.165) is 103 Å². The first kappa shape index (κ1) is 121. The summed E-state index contributed by atoms with van der Waals surface area (Å²) < 4.78 is 0. The van der Waals surface area contributed by atoms with Gasteiger partial charge in [0.25, 0.3) is 0 Å². The molecule has 0 heterocycles. The summed E-state index contributed by atoms with van der Waals surface area (Å²) in [7, 11) is 0. The zero-order valence-electron chi connectivity index (χ0n) is 71.1. The third kappa shape index (κ3) is 115. The zero-order valence-corrected chi connectivity index (χ0v) is 71.1. The number of carbonyl (C=O) groups excluding carboxylic acids is 10. The molecule has 0 amide bonds. The fraction of sp³-hybridized carbons (Fsp3) is 0.795. The maximum Gasteiger partial charge on any atom is 0.186 e. The van der Waals surface area contributed by atoms with Crippen molar-refractivity contribution in [3.8, 4) is 0 Å². The molecular formula is C78H165N19O10. The molecule has 0 fully saturated rings. The molecule has 107 heavy (non-hydrogen) atoms. The summed E-state index contributed by atoms with van der Waals surface area (Å²) >= 11 is 0. The largest absolute Gasteiger partial charge is 0.386 e. The standard InChI is InChI=1S/C13H26N2O.C9H19N3O.C9H19NO.C8H17N3O.C8H17NO.C7H15N3O.C7H15NO.C6H13N3O.C6H13NO.C5H11NO/c1-11(2)13(16)9-7-5-4-6-8-10-15-12(3)14;1-7(2)8(13)5-3-4-6-12-9(10)11;1-8(2)9(11)6-4-3-5-7-10;1-6(2)7(12)4-3-5-11-8(9)10;1-7(2)8(10)5-3-4-6-9;1-5(2)6(11)3-4-10-7(8)9;1-6(2)7(9)4-3-5-8;1-4(2)5(10)3-9-6(7)8;1-5(2)6(8)3-4-7;1-4(2)5(7)3-6/h11,15H,3-10,14H2,1-2H3;7H,3-6H2,1-2H3,(H4,10,11,12);8H,3-7,10H2,1-2H3;6H,3-5H2,1-2H3,(H4,9,10,11);7H,3-6,9H2,1-2H3;5H,3-4H2,1-2H3,(H4,8,9,10);6H,3-5,8H2,1-2H3;4H,3H2,1-2H3,(H4,7,8,9);5H,3-4,7H2,1-2H3;4H,3,6H2,1-2H3. The van der Waals surface area contributed by atoms with Crippen LogP contribution in [-0.2, 0) is 47.9 Å². The molecule has 0 aromatic heterocycles. The lowest BCUT2D eigenvalue weighted by atomic mass is 10.0. The van der Waals surface area contributed by atoms with Gasteiger partial charge in [-0.25, -0.2) is 4.99 Å². The highest BCUT2D eigenvalue weighted by Crippen LogP contribution is 2.10. The monoisotopic (exact) mass is 1530 g/mol. The van der Waals surface area contributed by atoms with E-state index in [1.165, 1.54) is 12.8 Å². The lowest BCUT2D eigenvalue weighted by Crippen LogP contribution is -2.24. The summed E-state index contributed by atoms with van der Waals surface area (Å²) in [5.74, 6) is 4.75. The number of hydrogen-bond donors (Lipinski definition) is 15. The highest BCUT2D eigenvalue weighted by Gasteiger charge is 2.11. The van der Waals surface area contributed by atoms with Gasteiger partial charge in [0.2, 0.25) is 0 Å². The smallest absolute Gasteiger partial charge is 0.186 e. The Bertz CT molecular complexity index is 2370. The number of aliphatic imine (C=N–C) groups is 4.